The van der Waals surface area contributed by atoms with Gasteiger partial charge in [-0.05, 0) is 30.3 Å². The second kappa shape index (κ2) is 8.69. The molecule has 0 amide bonds. The molecule has 0 aliphatic carbocycles. The summed E-state index contributed by atoms with van der Waals surface area (Å²) in [6.07, 6.45) is 1.86. The zero-order valence-corrected chi connectivity index (χ0v) is 16.9. The van der Waals surface area contributed by atoms with Gasteiger partial charge in [-0.15, -0.1) is 0 Å². The van der Waals surface area contributed by atoms with Crippen LogP contribution < -0.4 is 23.7 Å². The molecule has 0 aromatic heterocycles. The van der Waals surface area contributed by atoms with Crippen LogP contribution in [0.2, 0.25) is 0 Å². The maximum atomic E-state index is 11.7. The fourth-order valence-corrected chi connectivity index (χ4v) is 3.00. The summed E-state index contributed by atoms with van der Waals surface area (Å²) in [5, 5.41) is 0. The van der Waals surface area contributed by atoms with Gasteiger partial charge < -0.3 is 23.7 Å². The van der Waals surface area contributed by atoms with Crippen molar-refractivity contribution in [2.45, 2.75) is 20.8 Å². The van der Waals surface area contributed by atoms with Gasteiger partial charge >= 0.3 is 17.9 Å². The van der Waals surface area contributed by atoms with Gasteiger partial charge in [-0.25, -0.2) is 0 Å². The third kappa shape index (κ3) is 4.60. The van der Waals surface area contributed by atoms with E-state index in [0.29, 0.717) is 22.6 Å². The molecule has 1 aliphatic rings. The average molecular weight is 412 g/mol. The van der Waals surface area contributed by atoms with E-state index in [1.807, 2.05) is 6.08 Å². The van der Waals surface area contributed by atoms with Gasteiger partial charge in [-0.2, -0.15) is 0 Å². The van der Waals surface area contributed by atoms with E-state index in [-0.39, 0.29) is 23.9 Å². The van der Waals surface area contributed by atoms with Gasteiger partial charge in [0, 0.05) is 43.5 Å². The van der Waals surface area contributed by atoms with Crippen LogP contribution in [0.3, 0.4) is 0 Å². The first-order chi connectivity index (χ1) is 14.3. The van der Waals surface area contributed by atoms with Gasteiger partial charge in [-0.3, -0.25) is 14.4 Å². The Kier molecular flexibility index (Phi) is 6.06. The number of fused-ring (bicyclic) bond motifs is 1. The van der Waals surface area contributed by atoms with Crippen molar-refractivity contribution in [3.8, 4) is 28.7 Å². The Balaban J connectivity index is 2.06. The second-order valence-electron chi connectivity index (χ2n) is 6.41. The lowest BCUT2D eigenvalue weighted by Crippen LogP contribution is -2.12. The summed E-state index contributed by atoms with van der Waals surface area (Å²) in [7, 11) is 1.39. The summed E-state index contributed by atoms with van der Waals surface area (Å²) in [6, 6.07) is 8.25. The number of esters is 3. The predicted octanol–water partition coefficient (Wildman–Crippen LogP) is 3.40. The molecule has 0 unspecified atom stereocenters. The van der Waals surface area contributed by atoms with Crippen LogP contribution >= 0.6 is 0 Å². The summed E-state index contributed by atoms with van der Waals surface area (Å²) >= 11 is 0. The highest BCUT2D eigenvalue weighted by Crippen LogP contribution is 2.45. The van der Waals surface area contributed by atoms with Gasteiger partial charge in [0.1, 0.15) is 18.1 Å². The highest BCUT2D eigenvalue weighted by molar-refractivity contribution is 5.90. The molecule has 0 saturated carbocycles. The molecular weight excluding hydrogens is 392 g/mol. The Bertz CT molecular complexity index is 1050. The molecule has 0 N–H and O–H groups in total. The highest BCUT2D eigenvalue weighted by Gasteiger charge is 2.24. The molecule has 0 radical (unpaired) electrons. The van der Waals surface area contributed by atoms with E-state index < -0.39 is 17.9 Å². The molecule has 0 fully saturated rings. The molecule has 0 bridgehead atoms. The predicted molar refractivity (Wildman–Crippen MR) is 107 cm³/mol. The van der Waals surface area contributed by atoms with Crippen LogP contribution in [-0.2, 0) is 14.4 Å². The van der Waals surface area contributed by atoms with Gasteiger partial charge in [0.2, 0.25) is 5.75 Å². The second-order valence-corrected chi connectivity index (χ2v) is 6.41. The normalized spacial score (nSPS) is 12.1. The highest BCUT2D eigenvalue weighted by atomic mass is 16.6. The van der Waals surface area contributed by atoms with E-state index in [1.54, 1.807) is 30.3 Å². The minimum Gasteiger partial charge on any atom is -0.490 e. The molecule has 0 saturated heterocycles. The Morgan fingerprint density at radius 1 is 0.867 bits per heavy atom. The van der Waals surface area contributed by atoms with Crippen LogP contribution in [0.15, 0.2) is 30.3 Å². The lowest BCUT2D eigenvalue weighted by atomic mass is 9.99. The molecule has 0 atom stereocenters. The molecular formula is C22H20O8. The molecule has 2 aromatic carbocycles. The fraction of sp³-hybridized carbons (Fsp3) is 0.227. The standard InChI is InChI=1S/C22H20O8/c1-12(23)28-17-6-5-15-9-16(11-27-20(15)10-17)18-7-8-19(29-13(2)24)22(26-4)21(18)30-14(3)25/h5-10H,11H2,1-4H3. The van der Waals surface area contributed by atoms with Crippen molar-refractivity contribution in [2.24, 2.45) is 0 Å². The molecule has 8 heteroatoms. The first-order valence-corrected chi connectivity index (χ1v) is 9.02. The van der Waals surface area contributed by atoms with E-state index in [4.69, 9.17) is 23.7 Å². The van der Waals surface area contributed by atoms with E-state index >= 15 is 0 Å². The van der Waals surface area contributed by atoms with Crippen molar-refractivity contribution in [3.05, 3.63) is 41.5 Å². The third-order valence-corrected chi connectivity index (χ3v) is 4.09. The molecule has 30 heavy (non-hydrogen) atoms. The first-order valence-electron chi connectivity index (χ1n) is 9.02. The van der Waals surface area contributed by atoms with Crippen molar-refractivity contribution in [1.82, 2.24) is 0 Å². The zero-order valence-electron chi connectivity index (χ0n) is 16.9. The maximum Gasteiger partial charge on any atom is 0.308 e. The maximum absolute atomic E-state index is 11.7. The van der Waals surface area contributed by atoms with Gasteiger partial charge in [0.25, 0.3) is 0 Å². The SMILES string of the molecule is COc1c(OC(C)=O)ccc(C2=Cc3ccc(OC(C)=O)cc3OC2)c1OC(C)=O. The minimum atomic E-state index is -0.557. The summed E-state index contributed by atoms with van der Waals surface area (Å²) in [5.74, 6) is -0.206. The largest absolute Gasteiger partial charge is 0.490 e. The van der Waals surface area contributed by atoms with Gasteiger partial charge in [0.05, 0.1) is 7.11 Å². The average Bonchev–Trinajstić information content (AvgIpc) is 2.66. The number of methoxy groups -OCH3 is 1. The molecule has 2 aromatic rings. The van der Waals surface area contributed by atoms with Crippen LogP contribution in [-0.4, -0.2) is 31.6 Å². The van der Waals surface area contributed by atoms with E-state index in [1.165, 1.54) is 27.9 Å². The van der Waals surface area contributed by atoms with Crippen molar-refractivity contribution < 1.29 is 38.1 Å². The number of rotatable bonds is 5. The summed E-state index contributed by atoms with van der Waals surface area (Å²) in [4.78, 5) is 34.2. The Labute approximate surface area is 172 Å². The van der Waals surface area contributed by atoms with Gasteiger partial charge in [0.15, 0.2) is 11.5 Å². The van der Waals surface area contributed by atoms with Crippen molar-refractivity contribution in [2.75, 3.05) is 13.7 Å². The summed E-state index contributed by atoms with van der Waals surface area (Å²) < 4.78 is 26.8. The molecule has 0 spiro atoms. The molecule has 1 heterocycles. The Hall–Kier alpha value is -3.81. The van der Waals surface area contributed by atoms with Crippen LogP contribution in [0.4, 0.5) is 0 Å². The van der Waals surface area contributed by atoms with Crippen LogP contribution in [0.5, 0.6) is 28.7 Å². The lowest BCUT2D eigenvalue weighted by Gasteiger charge is -2.22. The topological polar surface area (TPSA) is 97.4 Å². The third-order valence-electron chi connectivity index (χ3n) is 4.09. The van der Waals surface area contributed by atoms with Crippen molar-refractivity contribution in [1.29, 1.82) is 0 Å². The number of carbonyl (C=O) groups excluding carboxylic acids is 3. The van der Waals surface area contributed by atoms with Crippen LogP contribution in [0.1, 0.15) is 31.9 Å². The number of carbonyl (C=O) groups is 3. The zero-order chi connectivity index (χ0) is 21.8. The summed E-state index contributed by atoms with van der Waals surface area (Å²) in [6.45, 7) is 4.01. The molecule has 1 aliphatic heterocycles. The van der Waals surface area contributed by atoms with Gasteiger partial charge in [-0.1, -0.05) is 0 Å². The number of benzene rings is 2. The smallest absolute Gasteiger partial charge is 0.308 e. The first kappa shape index (κ1) is 20.9. The minimum absolute atomic E-state index is 0.120. The van der Waals surface area contributed by atoms with E-state index in [9.17, 15) is 14.4 Å². The fourth-order valence-electron chi connectivity index (χ4n) is 3.00. The lowest BCUT2D eigenvalue weighted by molar-refractivity contribution is -0.133. The monoisotopic (exact) mass is 412 g/mol. The van der Waals surface area contributed by atoms with Crippen LogP contribution in [0, 0.1) is 0 Å². The van der Waals surface area contributed by atoms with E-state index in [0.717, 1.165) is 5.56 Å². The molecule has 3 rings (SSSR count). The van der Waals surface area contributed by atoms with Crippen molar-refractivity contribution >= 4 is 29.6 Å². The molecule has 156 valence electrons. The van der Waals surface area contributed by atoms with Crippen molar-refractivity contribution in [3.63, 3.8) is 0 Å². The van der Waals surface area contributed by atoms with E-state index in [2.05, 4.69) is 0 Å². The number of hydrogen-bond donors (Lipinski definition) is 0. The van der Waals surface area contributed by atoms with Crippen LogP contribution in [0.25, 0.3) is 11.6 Å². The number of hydrogen-bond acceptors (Lipinski definition) is 8. The Morgan fingerprint density at radius 2 is 1.57 bits per heavy atom. The number of ether oxygens (including phenoxy) is 5. The summed E-state index contributed by atoms with van der Waals surface area (Å²) in [5.41, 5.74) is 2.02. The Morgan fingerprint density at radius 3 is 2.20 bits per heavy atom. The molecule has 8 nitrogen and oxygen atoms in total. The quantitative estimate of drug-likeness (QED) is 0.544.